The van der Waals surface area contributed by atoms with Crippen LogP contribution >= 0.6 is 11.6 Å². The van der Waals surface area contributed by atoms with Gasteiger partial charge < -0.3 is 5.32 Å². The molecular formula is C18H15ClN4O3. The minimum atomic E-state index is -0.467. The summed E-state index contributed by atoms with van der Waals surface area (Å²) in [6.45, 7) is 0.474. The fraction of sp³-hybridized carbons (Fsp3) is 0.111. The van der Waals surface area contributed by atoms with Crippen LogP contribution < -0.4 is 5.32 Å². The SMILES string of the molecule is O=C(NCCc1cccc(Cl)c1)c1cnn(-c2ccc([N+](=O)[O-])cc2)c1. The average Bonchev–Trinajstić information content (AvgIpc) is 3.12. The number of hydrogen-bond donors (Lipinski definition) is 1. The molecule has 7 nitrogen and oxygen atoms in total. The molecule has 3 aromatic rings. The summed E-state index contributed by atoms with van der Waals surface area (Å²) in [6.07, 6.45) is 3.70. The van der Waals surface area contributed by atoms with Crippen molar-refractivity contribution in [3.63, 3.8) is 0 Å². The zero-order chi connectivity index (χ0) is 18.5. The molecule has 0 radical (unpaired) electrons. The van der Waals surface area contributed by atoms with Crippen LogP contribution in [0.15, 0.2) is 60.9 Å². The van der Waals surface area contributed by atoms with E-state index in [9.17, 15) is 14.9 Å². The third kappa shape index (κ3) is 4.25. The molecule has 1 heterocycles. The molecule has 1 N–H and O–H groups in total. The van der Waals surface area contributed by atoms with E-state index in [1.807, 2.05) is 18.2 Å². The van der Waals surface area contributed by atoms with Crippen LogP contribution in [0.3, 0.4) is 0 Å². The molecule has 0 spiro atoms. The first-order chi connectivity index (χ1) is 12.5. The van der Waals surface area contributed by atoms with Gasteiger partial charge in [-0.2, -0.15) is 5.10 Å². The van der Waals surface area contributed by atoms with E-state index < -0.39 is 4.92 Å². The molecule has 3 rings (SSSR count). The summed E-state index contributed by atoms with van der Waals surface area (Å²) in [7, 11) is 0. The van der Waals surface area contributed by atoms with Crippen molar-refractivity contribution in [2.45, 2.75) is 6.42 Å². The normalized spacial score (nSPS) is 10.5. The lowest BCUT2D eigenvalue weighted by Gasteiger charge is -2.04. The van der Waals surface area contributed by atoms with Crippen LogP contribution in [0.5, 0.6) is 0 Å². The molecule has 0 atom stereocenters. The van der Waals surface area contributed by atoms with Gasteiger partial charge in [-0.3, -0.25) is 14.9 Å². The van der Waals surface area contributed by atoms with Gasteiger partial charge in [0, 0.05) is 29.9 Å². The van der Waals surface area contributed by atoms with Crippen LogP contribution in [-0.2, 0) is 6.42 Å². The molecule has 0 saturated carbocycles. The van der Waals surface area contributed by atoms with E-state index in [1.54, 1.807) is 24.4 Å². The Balaban J connectivity index is 1.60. The van der Waals surface area contributed by atoms with Crippen LogP contribution in [0.4, 0.5) is 5.69 Å². The molecule has 8 heteroatoms. The largest absolute Gasteiger partial charge is 0.352 e. The van der Waals surface area contributed by atoms with Crippen molar-refractivity contribution in [3.8, 4) is 5.69 Å². The summed E-state index contributed by atoms with van der Waals surface area (Å²) < 4.78 is 1.50. The summed E-state index contributed by atoms with van der Waals surface area (Å²) in [5, 5.41) is 18.3. The Kier molecular flexibility index (Phi) is 5.28. The number of nitrogens with one attached hydrogen (secondary N) is 1. The van der Waals surface area contributed by atoms with Gasteiger partial charge in [0.05, 0.1) is 22.4 Å². The molecule has 26 heavy (non-hydrogen) atoms. The Hall–Kier alpha value is -3.19. The maximum Gasteiger partial charge on any atom is 0.269 e. The third-order valence-electron chi connectivity index (χ3n) is 3.76. The van der Waals surface area contributed by atoms with Gasteiger partial charge in [-0.05, 0) is 36.2 Å². The molecule has 0 unspecified atom stereocenters. The van der Waals surface area contributed by atoms with E-state index >= 15 is 0 Å². The summed E-state index contributed by atoms with van der Waals surface area (Å²) in [4.78, 5) is 22.4. The highest BCUT2D eigenvalue weighted by atomic mass is 35.5. The molecule has 2 aromatic carbocycles. The van der Waals surface area contributed by atoms with E-state index in [2.05, 4.69) is 10.4 Å². The number of carbonyl (C=O) groups excluding carboxylic acids is 1. The number of halogens is 1. The number of rotatable bonds is 6. The van der Waals surface area contributed by atoms with E-state index in [1.165, 1.54) is 23.0 Å². The number of amides is 1. The lowest BCUT2D eigenvalue weighted by atomic mass is 10.1. The van der Waals surface area contributed by atoms with E-state index in [-0.39, 0.29) is 11.6 Å². The number of hydrogen-bond acceptors (Lipinski definition) is 4. The molecule has 0 aliphatic rings. The van der Waals surface area contributed by atoms with Crippen LogP contribution in [0.2, 0.25) is 5.02 Å². The summed E-state index contributed by atoms with van der Waals surface area (Å²) in [5.74, 6) is -0.236. The highest BCUT2D eigenvalue weighted by molar-refractivity contribution is 6.30. The van der Waals surface area contributed by atoms with Gasteiger partial charge in [-0.1, -0.05) is 23.7 Å². The Morgan fingerprint density at radius 2 is 2.00 bits per heavy atom. The number of aromatic nitrogens is 2. The van der Waals surface area contributed by atoms with Crippen molar-refractivity contribution >= 4 is 23.2 Å². The van der Waals surface area contributed by atoms with Crippen molar-refractivity contribution in [3.05, 3.63) is 87.2 Å². The smallest absolute Gasteiger partial charge is 0.269 e. The second-order valence-corrected chi connectivity index (χ2v) is 6.02. The van der Waals surface area contributed by atoms with Gasteiger partial charge in [0.2, 0.25) is 0 Å². The van der Waals surface area contributed by atoms with E-state index in [4.69, 9.17) is 11.6 Å². The van der Waals surface area contributed by atoms with Crippen LogP contribution in [0.1, 0.15) is 15.9 Å². The van der Waals surface area contributed by atoms with Gasteiger partial charge in [0.15, 0.2) is 0 Å². The van der Waals surface area contributed by atoms with Gasteiger partial charge in [-0.25, -0.2) is 4.68 Å². The number of non-ortho nitro benzene ring substituents is 1. The molecule has 132 valence electrons. The Morgan fingerprint density at radius 1 is 1.23 bits per heavy atom. The Labute approximate surface area is 154 Å². The quantitative estimate of drug-likeness (QED) is 0.531. The zero-order valence-corrected chi connectivity index (χ0v) is 14.4. The van der Waals surface area contributed by atoms with Crippen LogP contribution in [-0.4, -0.2) is 27.2 Å². The molecule has 0 bridgehead atoms. The van der Waals surface area contributed by atoms with Gasteiger partial charge in [0.1, 0.15) is 0 Å². The standard InChI is InChI=1S/C18H15ClN4O3/c19-15-3-1-2-13(10-15)8-9-20-18(24)14-11-21-22(12-14)16-4-6-17(7-5-16)23(25)26/h1-7,10-12H,8-9H2,(H,20,24). The summed E-state index contributed by atoms with van der Waals surface area (Å²) >= 11 is 5.93. The third-order valence-corrected chi connectivity index (χ3v) is 3.99. The molecule has 0 aliphatic carbocycles. The van der Waals surface area contributed by atoms with Crippen molar-refractivity contribution < 1.29 is 9.72 Å². The highest BCUT2D eigenvalue weighted by Crippen LogP contribution is 2.15. The minimum absolute atomic E-state index is 0.000104. The van der Waals surface area contributed by atoms with E-state index in [0.29, 0.717) is 29.2 Å². The van der Waals surface area contributed by atoms with Crippen molar-refractivity contribution in [2.75, 3.05) is 6.54 Å². The lowest BCUT2D eigenvalue weighted by Crippen LogP contribution is -2.25. The Morgan fingerprint density at radius 3 is 2.69 bits per heavy atom. The molecule has 1 aromatic heterocycles. The maximum absolute atomic E-state index is 12.2. The Bertz CT molecular complexity index is 938. The van der Waals surface area contributed by atoms with Crippen LogP contribution in [0.25, 0.3) is 5.69 Å². The van der Waals surface area contributed by atoms with Gasteiger partial charge in [-0.15, -0.1) is 0 Å². The topological polar surface area (TPSA) is 90.1 Å². The number of nitrogens with zero attached hydrogens (tertiary/aromatic N) is 3. The lowest BCUT2D eigenvalue weighted by molar-refractivity contribution is -0.384. The molecule has 0 fully saturated rings. The van der Waals surface area contributed by atoms with Crippen LogP contribution in [0, 0.1) is 10.1 Å². The fourth-order valence-electron chi connectivity index (χ4n) is 2.42. The minimum Gasteiger partial charge on any atom is -0.352 e. The highest BCUT2D eigenvalue weighted by Gasteiger charge is 2.10. The first-order valence-corrected chi connectivity index (χ1v) is 8.23. The molecule has 1 amide bonds. The number of carbonyl (C=O) groups is 1. The molecule has 0 aliphatic heterocycles. The maximum atomic E-state index is 12.2. The first-order valence-electron chi connectivity index (χ1n) is 7.85. The monoisotopic (exact) mass is 370 g/mol. The first kappa shape index (κ1) is 17.6. The van der Waals surface area contributed by atoms with Crippen molar-refractivity contribution in [2.24, 2.45) is 0 Å². The predicted molar refractivity (Wildman–Crippen MR) is 97.7 cm³/mol. The number of nitro groups is 1. The summed E-state index contributed by atoms with van der Waals surface area (Å²) in [5.41, 5.74) is 2.09. The van der Waals surface area contributed by atoms with Crippen molar-refractivity contribution in [1.82, 2.24) is 15.1 Å². The molecular weight excluding hydrogens is 356 g/mol. The second kappa shape index (κ2) is 7.79. The second-order valence-electron chi connectivity index (χ2n) is 5.58. The van der Waals surface area contributed by atoms with Gasteiger partial charge >= 0.3 is 0 Å². The number of nitro benzene ring substituents is 1. The predicted octanol–water partition coefficient (Wildman–Crippen LogP) is 3.41. The fourth-order valence-corrected chi connectivity index (χ4v) is 2.64. The zero-order valence-electron chi connectivity index (χ0n) is 13.6. The molecule has 0 saturated heterocycles. The van der Waals surface area contributed by atoms with Gasteiger partial charge in [0.25, 0.3) is 11.6 Å². The summed E-state index contributed by atoms with van der Waals surface area (Å²) in [6, 6.07) is 13.4. The average molecular weight is 371 g/mol. The van der Waals surface area contributed by atoms with E-state index in [0.717, 1.165) is 5.56 Å². The van der Waals surface area contributed by atoms with Crippen molar-refractivity contribution in [1.29, 1.82) is 0 Å². The number of benzene rings is 2.